The van der Waals surface area contributed by atoms with Crippen LogP contribution in [0.1, 0.15) is 64.4 Å². The molecule has 0 saturated heterocycles. The average molecular weight is 492 g/mol. The second-order valence-electron chi connectivity index (χ2n) is 9.74. The number of carbonyl (C=O) groups excluding carboxylic acids is 1. The topological polar surface area (TPSA) is 98.5 Å². The highest BCUT2D eigenvalue weighted by Gasteiger charge is 2.34. The summed E-state index contributed by atoms with van der Waals surface area (Å²) in [6, 6.07) is 18.6. The molecular formula is C29H29N7O. The number of unbranched alkanes of at least 4 members (excludes halogenated alkanes) is 1. The molecule has 0 bridgehead atoms. The Bertz CT molecular complexity index is 1430. The maximum atomic E-state index is 12.4. The zero-order valence-electron chi connectivity index (χ0n) is 20.7. The van der Waals surface area contributed by atoms with Crippen molar-refractivity contribution >= 4 is 11.5 Å². The standard InChI is InChI=1S/C29H29N7O/c37-29(31-18-23-11-4-6-14-30-23)27-19-36(35-34-27)15-7-5-10-22-16-25-26(33-32-22)17-24(20-12-13-20)28(25)21-8-2-1-3-9-21/h1-4,6,8-9,11,14,16,19-20H,5,7,10,12-13,15,17-18H2,(H,31,37). The number of aromatic nitrogens is 6. The first kappa shape index (κ1) is 23.2. The van der Waals surface area contributed by atoms with E-state index in [9.17, 15) is 4.79 Å². The highest BCUT2D eigenvalue weighted by atomic mass is 16.2. The second kappa shape index (κ2) is 10.4. The molecule has 1 aromatic carbocycles. The fourth-order valence-corrected chi connectivity index (χ4v) is 4.95. The molecule has 1 amide bonds. The van der Waals surface area contributed by atoms with Crippen LogP contribution in [0, 0.1) is 5.92 Å². The summed E-state index contributed by atoms with van der Waals surface area (Å²) < 4.78 is 1.72. The summed E-state index contributed by atoms with van der Waals surface area (Å²) in [6.07, 6.45) is 9.62. The van der Waals surface area contributed by atoms with Crippen molar-refractivity contribution in [3.05, 3.63) is 106 Å². The van der Waals surface area contributed by atoms with E-state index in [1.165, 1.54) is 29.5 Å². The Hall–Kier alpha value is -4.20. The molecule has 3 aromatic heterocycles. The van der Waals surface area contributed by atoms with Crippen LogP contribution >= 0.6 is 0 Å². The number of aryl methyl sites for hydroxylation is 2. The van der Waals surface area contributed by atoms with E-state index in [-0.39, 0.29) is 5.91 Å². The number of benzene rings is 1. The number of allylic oxidation sites excluding steroid dienone is 1. The predicted octanol–water partition coefficient (Wildman–Crippen LogP) is 4.18. The number of rotatable bonds is 10. The summed E-state index contributed by atoms with van der Waals surface area (Å²) in [6.45, 7) is 1.05. The summed E-state index contributed by atoms with van der Waals surface area (Å²) in [5.74, 6) is 0.454. The zero-order chi connectivity index (χ0) is 25.0. The lowest BCUT2D eigenvalue weighted by atomic mass is 9.96. The highest BCUT2D eigenvalue weighted by Crippen LogP contribution is 2.47. The lowest BCUT2D eigenvalue weighted by Crippen LogP contribution is -2.23. The van der Waals surface area contributed by atoms with Crippen LogP contribution < -0.4 is 5.32 Å². The molecule has 0 unspecified atom stereocenters. The van der Waals surface area contributed by atoms with Gasteiger partial charge in [-0.25, -0.2) is 0 Å². The Morgan fingerprint density at radius 1 is 0.973 bits per heavy atom. The quantitative estimate of drug-likeness (QED) is 0.334. The third kappa shape index (κ3) is 5.33. The minimum absolute atomic E-state index is 0.252. The smallest absolute Gasteiger partial charge is 0.273 e. The van der Waals surface area contributed by atoms with Crippen LogP contribution in [0.15, 0.2) is 72.6 Å². The summed E-state index contributed by atoms with van der Waals surface area (Å²) in [7, 11) is 0. The molecule has 8 nitrogen and oxygen atoms in total. The van der Waals surface area contributed by atoms with Crippen molar-refractivity contribution in [1.29, 1.82) is 0 Å². The first-order valence-electron chi connectivity index (χ1n) is 13.0. The third-order valence-corrected chi connectivity index (χ3v) is 7.00. The van der Waals surface area contributed by atoms with Crippen LogP contribution in [-0.4, -0.2) is 36.1 Å². The molecule has 1 N–H and O–H groups in total. The van der Waals surface area contributed by atoms with E-state index in [1.54, 1.807) is 22.6 Å². The molecule has 6 rings (SSSR count). The largest absolute Gasteiger partial charge is 0.345 e. The number of pyridine rings is 1. The van der Waals surface area contributed by atoms with Gasteiger partial charge in [0, 0.05) is 24.7 Å². The predicted molar refractivity (Wildman–Crippen MR) is 139 cm³/mol. The fourth-order valence-electron chi connectivity index (χ4n) is 4.95. The number of amides is 1. The molecule has 186 valence electrons. The monoisotopic (exact) mass is 491 g/mol. The van der Waals surface area contributed by atoms with Crippen molar-refractivity contribution in [3.63, 3.8) is 0 Å². The van der Waals surface area contributed by atoms with E-state index in [2.05, 4.69) is 67.2 Å². The first-order chi connectivity index (χ1) is 18.2. The van der Waals surface area contributed by atoms with Crippen molar-refractivity contribution in [1.82, 2.24) is 35.5 Å². The molecule has 1 saturated carbocycles. The second-order valence-corrected chi connectivity index (χ2v) is 9.74. The molecule has 1 fully saturated rings. The third-order valence-electron chi connectivity index (χ3n) is 7.00. The van der Waals surface area contributed by atoms with Gasteiger partial charge in [-0.15, -0.1) is 5.10 Å². The number of nitrogens with one attached hydrogen (secondary N) is 1. The SMILES string of the molecule is O=C(NCc1ccccn1)c1cn(CCCCc2cc3c(nn2)CC(C2CC2)=C3c2ccccc2)nn1. The number of hydrogen-bond acceptors (Lipinski definition) is 6. The Labute approximate surface area is 215 Å². The lowest BCUT2D eigenvalue weighted by Gasteiger charge is -2.09. The Morgan fingerprint density at radius 2 is 1.84 bits per heavy atom. The minimum Gasteiger partial charge on any atom is -0.345 e. The number of hydrogen-bond donors (Lipinski definition) is 1. The average Bonchev–Trinajstić information content (AvgIpc) is 3.56. The van der Waals surface area contributed by atoms with E-state index in [0.717, 1.165) is 42.8 Å². The normalized spacial score (nSPS) is 14.6. The molecule has 8 heteroatoms. The van der Waals surface area contributed by atoms with Crippen molar-refractivity contribution in [2.24, 2.45) is 5.92 Å². The van der Waals surface area contributed by atoms with E-state index in [4.69, 9.17) is 0 Å². The fraction of sp³-hybridized carbons (Fsp3) is 0.310. The molecule has 37 heavy (non-hydrogen) atoms. The molecule has 0 atom stereocenters. The number of carbonyl (C=O) groups is 1. The molecule has 0 spiro atoms. The van der Waals surface area contributed by atoms with Gasteiger partial charge >= 0.3 is 0 Å². The van der Waals surface area contributed by atoms with Crippen molar-refractivity contribution < 1.29 is 4.79 Å². The summed E-state index contributed by atoms with van der Waals surface area (Å²) in [5.41, 5.74) is 8.71. The van der Waals surface area contributed by atoms with Gasteiger partial charge in [0.2, 0.25) is 0 Å². The molecule has 3 heterocycles. The van der Waals surface area contributed by atoms with Crippen LogP contribution in [0.4, 0.5) is 0 Å². The van der Waals surface area contributed by atoms with Crippen molar-refractivity contribution in [2.45, 2.75) is 51.6 Å². The first-order valence-corrected chi connectivity index (χ1v) is 13.0. The summed E-state index contributed by atoms with van der Waals surface area (Å²) in [4.78, 5) is 16.6. The Kier molecular flexibility index (Phi) is 6.54. The van der Waals surface area contributed by atoms with Crippen molar-refractivity contribution in [3.8, 4) is 0 Å². The van der Waals surface area contributed by atoms with E-state index in [0.29, 0.717) is 24.7 Å². The van der Waals surface area contributed by atoms with Crippen LogP contribution in [0.3, 0.4) is 0 Å². The van der Waals surface area contributed by atoms with Gasteiger partial charge in [0.05, 0.1) is 29.8 Å². The van der Waals surface area contributed by atoms with Gasteiger partial charge in [-0.3, -0.25) is 14.5 Å². The number of fused-ring (bicyclic) bond motifs is 1. The summed E-state index contributed by atoms with van der Waals surface area (Å²) in [5, 5.41) is 20.1. The zero-order valence-corrected chi connectivity index (χ0v) is 20.7. The maximum Gasteiger partial charge on any atom is 0.273 e. The van der Waals surface area contributed by atoms with Crippen LogP contribution in [0.5, 0.6) is 0 Å². The molecule has 0 radical (unpaired) electrons. The van der Waals surface area contributed by atoms with E-state index in [1.807, 2.05) is 18.2 Å². The van der Waals surface area contributed by atoms with Gasteiger partial charge in [-0.05, 0) is 67.4 Å². The molecule has 4 aromatic rings. The van der Waals surface area contributed by atoms with Crippen molar-refractivity contribution in [2.75, 3.05) is 0 Å². The van der Waals surface area contributed by atoms with Crippen LogP contribution in [0.2, 0.25) is 0 Å². The van der Waals surface area contributed by atoms with E-state index < -0.39 is 0 Å². The Balaban J connectivity index is 1.04. The van der Waals surface area contributed by atoms with Crippen LogP contribution in [-0.2, 0) is 25.9 Å². The van der Waals surface area contributed by atoms with Gasteiger partial charge in [0.1, 0.15) is 0 Å². The minimum atomic E-state index is -0.252. The summed E-state index contributed by atoms with van der Waals surface area (Å²) >= 11 is 0. The molecule has 2 aliphatic rings. The van der Waals surface area contributed by atoms with Crippen LogP contribution in [0.25, 0.3) is 5.57 Å². The maximum absolute atomic E-state index is 12.4. The number of nitrogens with zero attached hydrogens (tertiary/aromatic N) is 6. The molecular weight excluding hydrogens is 462 g/mol. The van der Waals surface area contributed by atoms with Gasteiger partial charge in [-0.1, -0.05) is 47.2 Å². The lowest BCUT2D eigenvalue weighted by molar-refractivity contribution is 0.0945. The van der Waals surface area contributed by atoms with Gasteiger partial charge in [0.15, 0.2) is 5.69 Å². The van der Waals surface area contributed by atoms with Gasteiger partial charge < -0.3 is 5.32 Å². The highest BCUT2D eigenvalue weighted by molar-refractivity contribution is 5.91. The Morgan fingerprint density at radius 3 is 2.65 bits per heavy atom. The molecule has 2 aliphatic carbocycles. The van der Waals surface area contributed by atoms with Gasteiger partial charge in [-0.2, -0.15) is 10.2 Å². The van der Waals surface area contributed by atoms with Gasteiger partial charge in [0.25, 0.3) is 5.91 Å². The molecule has 0 aliphatic heterocycles. The van der Waals surface area contributed by atoms with E-state index >= 15 is 0 Å².